The second-order valence-corrected chi connectivity index (χ2v) is 4.70. The maximum Gasteiger partial charge on any atom is 0.320 e. The van der Waals surface area contributed by atoms with Crippen molar-refractivity contribution in [3.05, 3.63) is 29.8 Å². The summed E-state index contributed by atoms with van der Waals surface area (Å²) >= 11 is 0. The van der Waals surface area contributed by atoms with Gasteiger partial charge >= 0.3 is 6.03 Å². The largest absolute Gasteiger partial charge is 0.368 e. The molecule has 6 nitrogen and oxygen atoms in total. The van der Waals surface area contributed by atoms with E-state index in [0.29, 0.717) is 11.3 Å². The molecule has 0 atom stereocenters. The third-order valence-electron chi connectivity index (χ3n) is 2.59. The number of rotatable bonds is 4. The molecule has 0 heterocycles. The van der Waals surface area contributed by atoms with Crippen molar-refractivity contribution in [2.75, 3.05) is 5.32 Å². The van der Waals surface area contributed by atoms with Crippen LogP contribution in [0.2, 0.25) is 0 Å². The zero-order valence-corrected chi connectivity index (χ0v) is 11.1. The van der Waals surface area contributed by atoms with Gasteiger partial charge in [-0.05, 0) is 45.0 Å². The van der Waals surface area contributed by atoms with Crippen molar-refractivity contribution in [2.45, 2.75) is 26.3 Å². The summed E-state index contributed by atoms with van der Waals surface area (Å²) in [5.74, 6) is -0.680. The lowest BCUT2D eigenvalue weighted by Crippen LogP contribution is -2.54. The van der Waals surface area contributed by atoms with E-state index in [1.54, 1.807) is 24.3 Å². The third-order valence-corrected chi connectivity index (χ3v) is 2.59. The van der Waals surface area contributed by atoms with E-state index in [9.17, 15) is 14.4 Å². The summed E-state index contributed by atoms with van der Waals surface area (Å²) in [5, 5.41) is 5.00. The number of anilines is 1. The summed E-state index contributed by atoms with van der Waals surface area (Å²) in [4.78, 5) is 33.8. The molecule has 1 rings (SSSR count). The molecule has 1 aromatic rings. The van der Waals surface area contributed by atoms with Gasteiger partial charge in [0, 0.05) is 11.3 Å². The number of Topliss-reactive ketones (excluding diaryl/α,β-unsaturated/α-hetero) is 1. The van der Waals surface area contributed by atoms with E-state index in [-0.39, 0.29) is 5.78 Å². The fourth-order valence-electron chi connectivity index (χ4n) is 1.30. The summed E-state index contributed by atoms with van der Waals surface area (Å²) in [7, 11) is 0. The maximum atomic E-state index is 11.7. The zero-order valence-electron chi connectivity index (χ0n) is 11.1. The van der Waals surface area contributed by atoms with Gasteiger partial charge in [0.15, 0.2) is 5.78 Å². The smallest absolute Gasteiger partial charge is 0.320 e. The monoisotopic (exact) mass is 263 g/mol. The van der Waals surface area contributed by atoms with E-state index in [2.05, 4.69) is 10.6 Å². The minimum atomic E-state index is -1.14. The van der Waals surface area contributed by atoms with Gasteiger partial charge in [-0.15, -0.1) is 0 Å². The van der Waals surface area contributed by atoms with Gasteiger partial charge < -0.3 is 16.4 Å². The van der Waals surface area contributed by atoms with Crippen LogP contribution in [0.1, 0.15) is 31.1 Å². The molecule has 0 fully saturated rings. The Morgan fingerprint density at radius 2 is 1.63 bits per heavy atom. The fraction of sp³-hybridized carbons (Fsp3) is 0.308. The molecular formula is C13H17N3O3. The minimum Gasteiger partial charge on any atom is -0.368 e. The molecule has 0 aliphatic rings. The predicted octanol–water partition coefficient (Wildman–Crippen LogP) is 1.27. The van der Waals surface area contributed by atoms with Gasteiger partial charge in [0.2, 0.25) is 5.91 Å². The van der Waals surface area contributed by atoms with E-state index < -0.39 is 17.5 Å². The molecule has 6 heteroatoms. The van der Waals surface area contributed by atoms with Gasteiger partial charge in [0.05, 0.1) is 0 Å². The second-order valence-electron chi connectivity index (χ2n) is 4.70. The Balaban J connectivity index is 2.67. The average molecular weight is 263 g/mol. The Hall–Kier alpha value is -2.37. The van der Waals surface area contributed by atoms with E-state index in [4.69, 9.17) is 5.73 Å². The predicted molar refractivity (Wildman–Crippen MR) is 71.9 cm³/mol. The van der Waals surface area contributed by atoms with Crippen LogP contribution in [0.5, 0.6) is 0 Å². The molecule has 0 aliphatic heterocycles. The van der Waals surface area contributed by atoms with E-state index in [0.717, 1.165) is 0 Å². The molecule has 19 heavy (non-hydrogen) atoms. The highest BCUT2D eigenvalue weighted by atomic mass is 16.2. The van der Waals surface area contributed by atoms with Crippen molar-refractivity contribution in [3.63, 3.8) is 0 Å². The van der Waals surface area contributed by atoms with Gasteiger partial charge in [-0.1, -0.05) is 0 Å². The van der Waals surface area contributed by atoms with Crippen molar-refractivity contribution < 1.29 is 14.4 Å². The molecule has 0 aromatic heterocycles. The normalized spacial score (nSPS) is 10.7. The van der Waals surface area contributed by atoms with Crippen LogP contribution in [0.3, 0.4) is 0 Å². The summed E-state index contributed by atoms with van der Waals surface area (Å²) in [6, 6.07) is 5.88. The highest BCUT2D eigenvalue weighted by molar-refractivity contribution is 5.96. The minimum absolute atomic E-state index is 0.0501. The highest BCUT2D eigenvalue weighted by Crippen LogP contribution is 2.10. The summed E-state index contributed by atoms with van der Waals surface area (Å²) < 4.78 is 0. The molecule has 102 valence electrons. The van der Waals surface area contributed by atoms with Gasteiger partial charge in [-0.25, -0.2) is 4.79 Å². The van der Waals surface area contributed by atoms with E-state index in [1.807, 2.05) is 0 Å². The first-order valence-corrected chi connectivity index (χ1v) is 5.72. The lowest BCUT2D eigenvalue weighted by Gasteiger charge is -2.22. The summed E-state index contributed by atoms with van der Waals surface area (Å²) in [6.45, 7) is 4.48. The van der Waals surface area contributed by atoms with Crippen LogP contribution in [0.25, 0.3) is 0 Å². The van der Waals surface area contributed by atoms with Crippen molar-refractivity contribution in [1.29, 1.82) is 0 Å². The van der Waals surface area contributed by atoms with Gasteiger partial charge in [0.1, 0.15) is 5.54 Å². The number of ketones is 1. The number of urea groups is 1. The van der Waals surface area contributed by atoms with Crippen LogP contribution in [0.15, 0.2) is 24.3 Å². The molecule has 3 amide bonds. The van der Waals surface area contributed by atoms with Crippen LogP contribution in [0.4, 0.5) is 10.5 Å². The van der Waals surface area contributed by atoms with E-state index in [1.165, 1.54) is 20.8 Å². The third kappa shape index (κ3) is 4.09. The molecule has 0 saturated carbocycles. The van der Waals surface area contributed by atoms with Gasteiger partial charge in [-0.2, -0.15) is 0 Å². The Kier molecular flexibility index (Phi) is 4.26. The highest BCUT2D eigenvalue weighted by Gasteiger charge is 2.26. The lowest BCUT2D eigenvalue weighted by molar-refractivity contribution is -0.122. The molecule has 0 bridgehead atoms. The molecule has 0 aliphatic carbocycles. The summed E-state index contributed by atoms with van der Waals surface area (Å²) in [5.41, 5.74) is 5.09. The number of nitrogens with two attached hydrogens (primary N) is 1. The first-order valence-electron chi connectivity index (χ1n) is 5.72. The quantitative estimate of drug-likeness (QED) is 0.713. The van der Waals surface area contributed by atoms with Crippen LogP contribution < -0.4 is 16.4 Å². The van der Waals surface area contributed by atoms with Crippen LogP contribution >= 0.6 is 0 Å². The molecule has 0 spiro atoms. The maximum absolute atomic E-state index is 11.7. The Bertz CT molecular complexity index is 506. The number of carbonyl (C=O) groups excluding carboxylic acids is 3. The first kappa shape index (κ1) is 14.7. The first-order chi connectivity index (χ1) is 8.72. The van der Waals surface area contributed by atoms with Crippen LogP contribution in [-0.4, -0.2) is 23.3 Å². The fourth-order valence-corrected chi connectivity index (χ4v) is 1.30. The average Bonchev–Trinajstić information content (AvgIpc) is 2.28. The topological polar surface area (TPSA) is 101 Å². The standard InChI is InChI=1S/C13H17N3O3/c1-8(17)9-4-6-10(7-5-9)15-12(19)16-13(2,3)11(14)18/h4-7H,1-3H3,(H2,14,18)(H2,15,16,19). The van der Waals surface area contributed by atoms with E-state index >= 15 is 0 Å². The SMILES string of the molecule is CC(=O)c1ccc(NC(=O)NC(C)(C)C(N)=O)cc1. The van der Waals surface area contributed by atoms with Gasteiger partial charge in [0.25, 0.3) is 0 Å². The molecule has 0 unspecified atom stereocenters. The Morgan fingerprint density at radius 1 is 1.11 bits per heavy atom. The lowest BCUT2D eigenvalue weighted by atomic mass is 10.1. The van der Waals surface area contributed by atoms with Crippen LogP contribution in [0, 0.1) is 0 Å². The number of hydrogen-bond donors (Lipinski definition) is 3. The van der Waals surface area contributed by atoms with Crippen LogP contribution in [-0.2, 0) is 4.79 Å². The molecule has 1 aromatic carbocycles. The Labute approximate surface area is 111 Å². The van der Waals surface area contributed by atoms with Crippen molar-refractivity contribution in [2.24, 2.45) is 5.73 Å². The van der Waals surface area contributed by atoms with Gasteiger partial charge in [-0.3, -0.25) is 9.59 Å². The number of benzene rings is 1. The molecule has 0 saturated heterocycles. The van der Waals surface area contributed by atoms with Crippen molar-refractivity contribution >= 4 is 23.4 Å². The molecule has 0 radical (unpaired) electrons. The van der Waals surface area contributed by atoms with Crippen molar-refractivity contribution in [3.8, 4) is 0 Å². The number of nitrogens with one attached hydrogen (secondary N) is 2. The molecular weight excluding hydrogens is 246 g/mol. The number of carbonyl (C=O) groups is 3. The number of primary amides is 1. The number of amides is 3. The Morgan fingerprint density at radius 3 is 2.05 bits per heavy atom. The number of hydrogen-bond acceptors (Lipinski definition) is 3. The zero-order chi connectivity index (χ0) is 14.6. The summed E-state index contributed by atoms with van der Waals surface area (Å²) in [6.07, 6.45) is 0. The second kappa shape index (κ2) is 5.51. The van der Waals surface area contributed by atoms with Crippen molar-refractivity contribution in [1.82, 2.24) is 5.32 Å². The molecule has 4 N–H and O–H groups in total.